The molecule has 78 valence electrons. The second kappa shape index (κ2) is 4.84. The van der Waals surface area contributed by atoms with Gasteiger partial charge in [0, 0.05) is 12.4 Å². The van der Waals surface area contributed by atoms with Crippen LogP contribution in [0.4, 0.5) is 5.82 Å². The van der Waals surface area contributed by atoms with Crippen LogP contribution >= 0.6 is 0 Å². The molecule has 0 aliphatic rings. The molecule has 0 radical (unpaired) electrons. The Labute approximate surface area is 92.8 Å². The molecule has 0 unspecified atom stereocenters. The summed E-state index contributed by atoms with van der Waals surface area (Å²) in [6.07, 6.45) is 4.80. The first-order valence-corrected chi connectivity index (χ1v) is 4.74. The van der Waals surface area contributed by atoms with E-state index in [-0.39, 0.29) is 0 Å². The van der Waals surface area contributed by atoms with Gasteiger partial charge in [0.05, 0.1) is 17.8 Å². The van der Waals surface area contributed by atoms with Crippen LogP contribution in [0.3, 0.4) is 0 Å². The lowest BCUT2D eigenvalue weighted by Gasteiger charge is -2.05. The Bertz CT molecular complexity index is 503. The number of hydrogen-bond donors (Lipinski definition) is 1. The van der Waals surface area contributed by atoms with E-state index in [4.69, 9.17) is 5.26 Å². The Balaban J connectivity index is 2.09. The van der Waals surface area contributed by atoms with Crippen molar-refractivity contribution in [2.45, 2.75) is 6.54 Å². The molecule has 0 aromatic carbocycles. The normalized spacial score (nSPS) is 9.44. The maximum Gasteiger partial charge on any atom is 0.144 e. The summed E-state index contributed by atoms with van der Waals surface area (Å²) in [7, 11) is 0. The highest BCUT2D eigenvalue weighted by molar-refractivity contribution is 5.51. The molecule has 0 fully saturated rings. The van der Waals surface area contributed by atoms with Gasteiger partial charge >= 0.3 is 0 Å². The largest absolute Gasteiger partial charge is 0.363 e. The zero-order valence-corrected chi connectivity index (χ0v) is 8.46. The third-order valence-corrected chi connectivity index (χ3v) is 2.01. The minimum atomic E-state index is 0.522. The molecule has 1 N–H and O–H groups in total. The lowest BCUT2D eigenvalue weighted by molar-refractivity contribution is 0.995. The van der Waals surface area contributed by atoms with Crippen molar-refractivity contribution in [2.75, 3.05) is 5.32 Å². The van der Waals surface area contributed by atoms with Gasteiger partial charge in [0.2, 0.25) is 0 Å². The summed E-state index contributed by atoms with van der Waals surface area (Å²) < 4.78 is 0. The molecule has 0 amide bonds. The molecule has 2 rings (SSSR count). The topological polar surface area (TPSA) is 74.5 Å². The van der Waals surface area contributed by atoms with Gasteiger partial charge in [-0.1, -0.05) is 0 Å². The summed E-state index contributed by atoms with van der Waals surface area (Å²) >= 11 is 0. The predicted octanol–water partition coefficient (Wildman–Crippen LogP) is 1.36. The predicted molar refractivity (Wildman–Crippen MR) is 58.3 cm³/mol. The van der Waals surface area contributed by atoms with Gasteiger partial charge in [0.25, 0.3) is 0 Å². The summed E-state index contributed by atoms with van der Waals surface area (Å²) in [5, 5.41) is 11.9. The molecule has 0 saturated heterocycles. The van der Waals surface area contributed by atoms with Crippen LogP contribution < -0.4 is 5.32 Å². The van der Waals surface area contributed by atoms with Gasteiger partial charge in [-0.25, -0.2) is 15.0 Å². The summed E-state index contributed by atoms with van der Waals surface area (Å²) in [6, 6.07) is 7.33. The number of rotatable bonds is 3. The van der Waals surface area contributed by atoms with Crippen molar-refractivity contribution in [3.05, 3.63) is 48.2 Å². The maximum atomic E-state index is 8.86. The first-order chi connectivity index (χ1) is 7.90. The van der Waals surface area contributed by atoms with Crippen LogP contribution in [0.1, 0.15) is 11.3 Å². The van der Waals surface area contributed by atoms with Gasteiger partial charge in [-0.15, -0.1) is 0 Å². The van der Waals surface area contributed by atoms with Crippen LogP contribution in [0.25, 0.3) is 0 Å². The van der Waals surface area contributed by atoms with Gasteiger partial charge in [-0.05, 0) is 18.2 Å². The Morgan fingerprint density at radius 1 is 1.25 bits per heavy atom. The Hall–Kier alpha value is -2.48. The minimum Gasteiger partial charge on any atom is -0.363 e. The van der Waals surface area contributed by atoms with E-state index in [1.807, 2.05) is 6.07 Å². The summed E-state index contributed by atoms with van der Waals surface area (Å²) in [4.78, 5) is 12.0. The number of anilines is 1. The second-order valence-electron chi connectivity index (χ2n) is 3.07. The van der Waals surface area contributed by atoms with Crippen molar-refractivity contribution in [1.29, 1.82) is 5.26 Å². The SMILES string of the molecule is N#Cc1cccnc1NCc1ccncn1. The molecular formula is C11H9N5. The van der Waals surface area contributed by atoms with Crippen molar-refractivity contribution in [1.82, 2.24) is 15.0 Å². The number of nitriles is 1. The van der Waals surface area contributed by atoms with Crippen LogP contribution in [0.15, 0.2) is 36.9 Å². The first-order valence-electron chi connectivity index (χ1n) is 4.74. The smallest absolute Gasteiger partial charge is 0.144 e. The van der Waals surface area contributed by atoms with E-state index in [0.717, 1.165) is 5.69 Å². The van der Waals surface area contributed by atoms with Crippen LogP contribution in [-0.2, 0) is 6.54 Å². The van der Waals surface area contributed by atoms with E-state index in [2.05, 4.69) is 26.3 Å². The van der Waals surface area contributed by atoms with E-state index >= 15 is 0 Å². The molecule has 0 aliphatic carbocycles. The van der Waals surface area contributed by atoms with Crippen molar-refractivity contribution in [2.24, 2.45) is 0 Å². The summed E-state index contributed by atoms with van der Waals surface area (Å²) in [5.74, 6) is 0.573. The Kier molecular flexibility index (Phi) is 3.04. The van der Waals surface area contributed by atoms with Crippen LogP contribution in [0.5, 0.6) is 0 Å². The van der Waals surface area contributed by atoms with E-state index in [1.165, 1.54) is 6.33 Å². The average molecular weight is 211 g/mol. The number of pyridine rings is 1. The molecule has 5 nitrogen and oxygen atoms in total. The fourth-order valence-electron chi connectivity index (χ4n) is 1.23. The van der Waals surface area contributed by atoms with Gasteiger partial charge in [-0.2, -0.15) is 5.26 Å². The quantitative estimate of drug-likeness (QED) is 0.829. The molecule has 16 heavy (non-hydrogen) atoms. The van der Waals surface area contributed by atoms with Crippen molar-refractivity contribution >= 4 is 5.82 Å². The fraction of sp³-hybridized carbons (Fsp3) is 0.0909. The molecule has 2 aromatic rings. The highest BCUT2D eigenvalue weighted by atomic mass is 15.0. The van der Waals surface area contributed by atoms with Crippen molar-refractivity contribution in [3.63, 3.8) is 0 Å². The molecule has 5 heteroatoms. The van der Waals surface area contributed by atoms with Crippen LogP contribution in [0, 0.1) is 11.3 Å². The summed E-state index contributed by atoms with van der Waals surface area (Å²) in [6.45, 7) is 0.522. The lowest BCUT2D eigenvalue weighted by atomic mass is 10.3. The van der Waals surface area contributed by atoms with Gasteiger partial charge < -0.3 is 5.32 Å². The van der Waals surface area contributed by atoms with E-state index in [9.17, 15) is 0 Å². The highest BCUT2D eigenvalue weighted by Gasteiger charge is 2.01. The fourth-order valence-corrected chi connectivity index (χ4v) is 1.23. The molecule has 0 spiro atoms. The lowest BCUT2D eigenvalue weighted by Crippen LogP contribution is -2.04. The van der Waals surface area contributed by atoms with Crippen molar-refractivity contribution in [3.8, 4) is 6.07 Å². The van der Waals surface area contributed by atoms with Gasteiger partial charge in [-0.3, -0.25) is 0 Å². The van der Waals surface area contributed by atoms with E-state index < -0.39 is 0 Å². The van der Waals surface area contributed by atoms with E-state index in [0.29, 0.717) is 17.9 Å². The minimum absolute atomic E-state index is 0.522. The standard InChI is InChI=1S/C11H9N5/c12-6-9-2-1-4-14-11(9)15-7-10-3-5-13-8-16-10/h1-5,8H,7H2,(H,14,15). The van der Waals surface area contributed by atoms with Crippen LogP contribution in [-0.4, -0.2) is 15.0 Å². The molecular weight excluding hydrogens is 202 g/mol. The molecule has 0 atom stereocenters. The molecule has 0 saturated carbocycles. The monoisotopic (exact) mass is 211 g/mol. The number of nitrogens with zero attached hydrogens (tertiary/aromatic N) is 4. The maximum absolute atomic E-state index is 8.86. The van der Waals surface area contributed by atoms with Crippen LogP contribution in [0.2, 0.25) is 0 Å². The highest BCUT2D eigenvalue weighted by Crippen LogP contribution is 2.10. The summed E-state index contributed by atoms with van der Waals surface area (Å²) in [5.41, 5.74) is 1.38. The molecule has 0 aliphatic heterocycles. The third kappa shape index (κ3) is 2.30. The third-order valence-electron chi connectivity index (χ3n) is 2.01. The Morgan fingerprint density at radius 3 is 2.94 bits per heavy atom. The zero-order valence-electron chi connectivity index (χ0n) is 8.46. The number of hydrogen-bond acceptors (Lipinski definition) is 5. The number of nitrogens with one attached hydrogen (secondary N) is 1. The first kappa shape index (κ1) is 10.1. The van der Waals surface area contributed by atoms with E-state index in [1.54, 1.807) is 24.5 Å². The van der Waals surface area contributed by atoms with Crippen molar-refractivity contribution < 1.29 is 0 Å². The molecule has 0 bridgehead atoms. The average Bonchev–Trinajstić information content (AvgIpc) is 2.38. The molecule has 2 aromatic heterocycles. The Morgan fingerprint density at radius 2 is 2.19 bits per heavy atom. The van der Waals surface area contributed by atoms with Gasteiger partial charge in [0.15, 0.2) is 0 Å². The zero-order chi connectivity index (χ0) is 11.2. The molecule has 2 heterocycles. The van der Waals surface area contributed by atoms with Gasteiger partial charge in [0.1, 0.15) is 18.2 Å². The second-order valence-corrected chi connectivity index (χ2v) is 3.07. The number of aromatic nitrogens is 3.